The maximum absolute atomic E-state index is 3.12. The van der Waals surface area contributed by atoms with Crippen LogP contribution in [-0.4, -0.2) is 4.98 Å². The van der Waals surface area contributed by atoms with Gasteiger partial charge in [0.15, 0.2) is 0 Å². The number of H-pyrrole nitrogens is 1. The van der Waals surface area contributed by atoms with E-state index in [1.165, 1.54) is 10.9 Å². The number of hydrogen-bond donors (Lipinski definition) is 1. The zero-order valence-corrected chi connectivity index (χ0v) is 7.09. The van der Waals surface area contributed by atoms with Crippen LogP contribution in [0.2, 0.25) is 0 Å². The predicted octanol–water partition coefficient (Wildman–Crippen LogP) is 2.23. The molecule has 10 heavy (non-hydrogen) atoms. The van der Waals surface area contributed by atoms with Crippen LogP contribution in [0.1, 0.15) is 0 Å². The van der Waals surface area contributed by atoms with E-state index in [0.717, 1.165) is 0 Å². The first-order chi connectivity index (χ1) is 4.47. The second-order valence-corrected chi connectivity index (χ2v) is 2.06. The molecule has 2 rings (SSSR count). The van der Waals surface area contributed by atoms with Crippen molar-refractivity contribution < 1.29 is 0 Å². The molecular weight excluding hydrogens is 141 g/mol. The number of fused-ring (bicyclic) bond motifs is 1. The fourth-order valence-corrected chi connectivity index (χ4v) is 0.995. The number of aromatic amines is 1. The van der Waals surface area contributed by atoms with Crippen molar-refractivity contribution in [3.05, 3.63) is 36.5 Å². The molecule has 0 aliphatic rings. The molecule has 0 amide bonds. The minimum Gasteiger partial charge on any atom is -0.361 e. The third kappa shape index (κ3) is 1.05. The highest BCUT2D eigenvalue weighted by Gasteiger charge is 1.86. The Morgan fingerprint density at radius 2 is 1.80 bits per heavy atom. The number of hydrogen-bond acceptors (Lipinski definition) is 0. The van der Waals surface area contributed by atoms with E-state index in [2.05, 4.69) is 23.2 Å². The van der Waals surface area contributed by atoms with Crippen molar-refractivity contribution in [3.63, 3.8) is 0 Å². The number of benzene rings is 1. The molecule has 1 unspecified atom stereocenters. The SMILES string of the molecule is P.c1ccc2[nH]ccc2c1. The van der Waals surface area contributed by atoms with Crippen molar-refractivity contribution in [2.24, 2.45) is 0 Å². The molecule has 0 aliphatic heterocycles. The van der Waals surface area contributed by atoms with Crippen molar-refractivity contribution >= 4 is 20.8 Å². The molecule has 2 aromatic rings. The van der Waals surface area contributed by atoms with E-state index in [0.29, 0.717) is 0 Å². The first-order valence-corrected chi connectivity index (χ1v) is 2.99. The minimum atomic E-state index is 0. The maximum Gasteiger partial charge on any atom is 0.0453 e. The fraction of sp³-hybridized carbons (Fsp3) is 0. The van der Waals surface area contributed by atoms with Crippen LogP contribution >= 0.6 is 9.90 Å². The second kappa shape index (κ2) is 2.85. The van der Waals surface area contributed by atoms with Crippen LogP contribution in [0, 0.1) is 0 Å². The number of rotatable bonds is 0. The van der Waals surface area contributed by atoms with Crippen LogP contribution in [0.4, 0.5) is 0 Å². The Morgan fingerprint density at radius 1 is 1.00 bits per heavy atom. The van der Waals surface area contributed by atoms with Gasteiger partial charge in [0.25, 0.3) is 0 Å². The molecular formula is C8H10NP. The summed E-state index contributed by atoms with van der Waals surface area (Å²) in [4.78, 5) is 3.12. The Bertz CT molecular complexity index is 283. The smallest absolute Gasteiger partial charge is 0.0453 e. The van der Waals surface area contributed by atoms with E-state index in [-0.39, 0.29) is 9.90 Å². The van der Waals surface area contributed by atoms with Gasteiger partial charge in [-0.3, -0.25) is 0 Å². The average Bonchev–Trinajstić information content (AvgIpc) is 2.33. The van der Waals surface area contributed by atoms with Crippen molar-refractivity contribution in [2.45, 2.75) is 0 Å². The van der Waals surface area contributed by atoms with Gasteiger partial charge in [-0.15, -0.1) is 0 Å². The van der Waals surface area contributed by atoms with Crippen molar-refractivity contribution in [2.75, 3.05) is 0 Å². The summed E-state index contributed by atoms with van der Waals surface area (Å²) in [6, 6.07) is 10.3. The topological polar surface area (TPSA) is 15.8 Å². The third-order valence-corrected chi connectivity index (χ3v) is 1.46. The van der Waals surface area contributed by atoms with Crippen molar-refractivity contribution in [1.82, 2.24) is 4.98 Å². The van der Waals surface area contributed by atoms with E-state index in [1.54, 1.807) is 0 Å². The van der Waals surface area contributed by atoms with E-state index in [1.807, 2.05) is 18.3 Å². The monoisotopic (exact) mass is 151 g/mol. The molecule has 1 aromatic heterocycles. The third-order valence-electron chi connectivity index (χ3n) is 1.46. The molecule has 1 aromatic carbocycles. The average molecular weight is 151 g/mol. The summed E-state index contributed by atoms with van der Waals surface area (Å²) in [7, 11) is 0. The maximum atomic E-state index is 3.12. The van der Waals surface area contributed by atoms with Gasteiger partial charge >= 0.3 is 0 Å². The zero-order valence-electron chi connectivity index (χ0n) is 5.67. The van der Waals surface area contributed by atoms with Gasteiger partial charge < -0.3 is 4.98 Å². The molecule has 0 saturated heterocycles. The van der Waals surface area contributed by atoms with Crippen LogP contribution in [0.15, 0.2) is 36.5 Å². The first kappa shape index (κ1) is 7.30. The quantitative estimate of drug-likeness (QED) is 0.556. The molecule has 1 nitrogen and oxygen atoms in total. The van der Waals surface area contributed by atoms with E-state index in [4.69, 9.17) is 0 Å². The van der Waals surface area contributed by atoms with Crippen LogP contribution < -0.4 is 0 Å². The highest BCUT2D eigenvalue weighted by atomic mass is 31.0. The number of para-hydroxylation sites is 1. The van der Waals surface area contributed by atoms with Gasteiger partial charge in [-0.05, 0) is 17.5 Å². The molecule has 2 heteroatoms. The van der Waals surface area contributed by atoms with Gasteiger partial charge in [0.1, 0.15) is 0 Å². The summed E-state index contributed by atoms with van der Waals surface area (Å²) < 4.78 is 0. The Hall–Kier alpha value is -0.810. The first-order valence-electron chi connectivity index (χ1n) is 2.99. The summed E-state index contributed by atoms with van der Waals surface area (Å²) in [6.07, 6.45) is 1.95. The second-order valence-electron chi connectivity index (χ2n) is 2.06. The van der Waals surface area contributed by atoms with Crippen molar-refractivity contribution in [3.8, 4) is 0 Å². The van der Waals surface area contributed by atoms with Crippen molar-refractivity contribution in [1.29, 1.82) is 0 Å². The summed E-state index contributed by atoms with van der Waals surface area (Å²) >= 11 is 0. The number of nitrogens with one attached hydrogen (secondary N) is 1. The van der Waals surface area contributed by atoms with Crippen LogP contribution in [-0.2, 0) is 0 Å². The molecule has 1 heterocycles. The Balaban J connectivity index is 0.000000500. The lowest BCUT2D eigenvalue weighted by atomic mass is 10.3. The van der Waals surface area contributed by atoms with Crippen LogP contribution in [0.5, 0.6) is 0 Å². The Labute approximate surface area is 63.1 Å². The predicted molar refractivity (Wildman–Crippen MR) is 49.4 cm³/mol. The summed E-state index contributed by atoms with van der Waals surface area (Å²) in [5.41, 5.74) is 1.21. The van der Waals surface area contributed by atoms with Crippen LogP contribution in [0.3, 0.4) is 0 Å². The van der Waals surface area contributed by atoms with Gasteiger partial charge in [0.2, 0.25) is 0 Å². The Kier molecular flexibility index (Phi) is 2.08. The molecule has 1 N–H and O–H groups in total. The summed E-state index contributed by atoms with van der Waals surface area (Å²) in [6.45, 7) is 0. The molecule has 52 valence electrons. The van der Waals surface area contributed by atoms with Gasteiger partial charge in [-0.25, -0.2) is 0 Å². The molecule has 0 aliphatic carbocycles. The van der Waals surface area contributed by atoms with Crippen LogP contribution in [0.25, 0.3) is 10.9 Å². The molecule has 0 spiro atoms. The molecule has 0 fully saturated rings. The zero-order chi connectivity index (χ0) is 6.10. The van der Waals surface area contributed by atoms with Gasteiger partial charge in [-0.1, -0.05) is 18.2 Å². The summed E-state index contributed by atoms with van der Waals surface area (Å²) in [5.74, 6) is 0. The fourth-order valence-electron chi connectivity index (χ4n) is 0.995. The standard InChI is InChI=1S/C8H7N.H3P/c1-2-4-8-7(3-1)5-6-9-8;/h1-6,9H;1H3. The largest absolute Gasteiger partial charge is 0.361 e. The van der Waals surface area contributed by atoms with Gasteiger partial charge in [-0.2, -0.15) is 9.90 Å². The lowest BCUT2D eigenvalue weighted by molar-refractivity contribution is 1.48. The highest BCUT2D eigenvalue weighted by Crippen LogP contribution is 2.09. The van der Waals surface area contributed by atoms with E-state index >= 15 is 0 Å². The minimum absolute atomic E-state index is 0. The van der Waals surface area contributed by atoms with Gasteiger partial charge in [0, 0.05) is 11.7 Å². The highest BCUT2D eigenvalue weighted by molar-refractivity contribution is 6.92. The molecule has 0 radical (unpaired) electrons. The molecule has 0 saturated carbocycles. The summed E-state index contributed by atoms with van der Waals surface area (Å²) in [5, 5.41) is 1.28. The van der Waals surface area contributed by atoms with Gasteiger partial charge in [0.05, 0.1) is 0 Å². The lowest BCUT2D eigenvalue weighted by Crippen LogP contribution is -1.61. The lowest BCUT2D eigenvalue weighted by Gasteiger charge is -1.83. The Morgan fingerprint density at radius 3 is 2.60 bits per heavy atom. The molecule has 0 bridgehead atoms. The normalized spacial score (nSPS) is 9.20. The van der Waals surface area contributed by atoms with E-state index < -0.39 is 0 Å². The van der Waals surface area contributed by atoms with E-state index in [9.17, 15) is 0 Å². The number of aromatic nitrogens is 1. The molecule has 1 atom stereocenters.